The lowest BCUT2D eigenvalue weighted by Crippen LogP contribution is -2.40. The van der Waals surface area contributed by atoms with Crippen LogP contribution in [0, 0.1) is 17.1 Å². The number of hydrogen-bond acceptors (Lipinski definition) is 8. The van der Waals surface area contributed by atoms with Crippen LogP contribution in [0.15, 0.2) is 18.3 Å². The van der Waals surface area contributed by atoms with Gasteiger partial charge in [0.1, 0.15) is 34.7 Å². The van der Waals surface area contributed by atoms with Crippen molar-refractivity contribution in [1.82, 2.24) is 24.9 Å². The van der Waals surface area contributed by atoms with Crippen molar-refractivity contribution < 1.29 is 27.4 Å². The van der Waals surface area contributed by atoms with E-state index in [1.165, 1.54) is 6.20 Å². The summed E-state index contributed by atoms with van der Waals surface area (Å²) in [6.45, 7) is 2.04. The number of hydrogen-bond donors (Lipinski definition) is 3. The van der Waals surface area contributed by atoms with Gasteiger partial charge in [-0.25, -0.2) is 18.9 Å². The predicted octanol–water partition coefficient (Wildman–Crippen LogP) is 2.74. The third kappa shape index (κ3) is 4.10. The second kappa shape index (κ2) is 8.69. The average molecular weight is 479 g/mol. The van der Waals surface area contributed by atoms with Crippen LogP contribution >= 0.6 is 0 Å². The van der Waals surface area contributed by atoms with Crippen LogP contribution in [0.25, 0.3) is 17.0 Å². The molecule has 0 unspecified atom stereocenters. The largest absolute Gasteiger partial charge is 0.495 e. The van der Waals surface area contributed by atoms with Crippen molar-refractivity contribution >= 4 is 11.5 Å². The zero-order chi connectivity index (χ0) is 24.7. The van der Waals surface area contributed by atoms with Gasteiger partial charge in [0.15, 0.2) is 11.5 Å². The monoisotopic (exact) mass is 479 g/mol. The van der Waals surface area contributed by atoms with Crippen molar-refractivity contribution in [3.05, 3.63) is 35.4 Å². The van der Waals surface area contributed by atoms with E-state index in [9.17, 15) is 27.9 Å². The Morgan fingerprint density at radius 2 is 2.12 bits per heavy atom. The molecule has 0 saturated carbocycles. The van der Waals surface area contributed by atoms with E-state index in [1.54, 1.807) is 0 Å². The molecular formula is C21H21F4N7O2. The Hall–Kier alpha value is -3.50. The Balaban J connectivity index is 1.86. The van der Waals surface area contributed by atoms with Crippen molar-refractivity contribution in [2.45, 2.75) is 37.6 Å². The lowest BCUT2D eigenvalue weighted by Gasteiger charge is -2.27. The Bertz CT molecular complexity index is 1260. The first-order valence-corrected chi connectivity index (χ1v) is 10.4. The number of methoxy groups -OCH3 is 1. The third-order valence-corrected chi connectivity index (χ3v) is 5.67. The van der Waals surface area contributed by atoms with Crippen molar-refractivity contribution in [3.63, 3.8) is 0 Å². The van der Waals surface area contributed by atoms with Gasteiger partial charge in [-0.05, 0) is 32.4 Å². The molecule has 1 saturated heterocycles. The van der Waals surface area contributed by atoms with Crippen LogP contribution in [0.5, 0.6) is 5.75 Å². The normalized spacial score (nSPS) is 18.4. The summed E-state index contributed by atoms with van der Waals surface area (Å²) < 4.78 is 61.5. The number of nitriles is 1. The molecule has 3 N–H and O–H groups in total. The summed E-state index contributed by atoms with van der Waals surface area (Å²) in [5, 5.41) is 29.9. The fourth-order valence-corrected chi connectivity index (χ4v) is 3.72. The van der Waals surface area contributed by atoms with Gasteiger partial charge in [-0.3, -0.25) is 0 Å². The number of nitrogens with one attached hydrogen (secondary N) is 2. The molecule has 0 bridgehead atoms. The van der Waals surface area contributed by atoms with Gasteiger partial charge in [0, 0.05) is 18.7 Å². The van der Waals surface area contributed by atoms with Crippen LogP contribution in [-0.2, 0) is 5.60 Å². The van der Waals surface area contributed by atoms with Crippen LogP contribution in [0.1, 0.15) is 31.0 Å². The molecule has 1 aliphatic heterocycles. The van der Waals surface area contributed by atoms with E-state index in [0.29, 0.717) is 13.5 Å². The highest BCUT2D eigenvalue weighted by molar-refractivity contribution is 5.66. The predicted molar refractivity (Wildman–Crippen MR) is 113 cm³/mol. The highest BCUT2D eigenvalue weighted by Crippen LogP contribution is 2.41. The van der Waals surface area contributed by atoms with Crippen LogP contribution in [0.3, 0.4) is 0 Å². The maximum atomic E-state index is 15.0. The molecule has 180 valence electrons. The minimum absolute atomic E-state index is 0.0176. The quantitative estimate of drug-likeness (QED) is 0.478. The van der Waals surface area contributed by atoms with Gasteiger partial charge in [0.25, 0.3) is 0 Å². The fourth-order valence-electron chi connectivity index (χ4n) is 3.72. The SMILES string of the molecule is COc1cc2ncc(-c3nc(N[C@H]4CCCNC4)c(C#N)cc3F)n2nc1[C@@](C)(O)C(F)(F)F. The Morgan fingerprint density at radius 3 is 2.74 bits per heavy atom. The minimum Gasteiger partial charge on any atom is -0.495 e. The topological polar surface area (TPSA) is 120 Å². The molecule has 3 aromatic rings. The van der Waals surface area contributed by atoms with Gasteiger partial charge in [0.05, 0.1) is 18.9 Å². The van der Waals surface area contributed by atoms with E-state index >= 15 is 0 Å². The van der Waals surface area contributed by atoms with Gasteiger partial charge in [-0.2, -0.15) is 23.5 Å². The Kier molecular flexibility index (Phi) is 6.05. The zero-order valence-electron chi connectivity index (χ0n) is 18.2. The van der Waals surface area contributed by atoms with Crippen LogP contribution in [-0.4, -0.2) is 57.1 Å². The number of alkyl halides is 3. The number of aliphatic hydroxyl groups is 1. The number of aromatic nitrogens is 4. The van der Waals surface area contributed by atoms with Gasteiger partial charge in [0.2, 0.25) is 5.60 Å². The first-order valence-electron chi connectivity index (χ1n) is 10.4. The summed E-state index contributed by atoms with van der Waals surface area (Å²) in [5.74, 6) is -1.08. The number of anilines is 1. The molecule has 9 nitrogen and oxygen atoms in total. The fraction of sp³-hybridized carbons (Fsp3) is 0.429. The zero-order valence-corrected chi connectivity index (χ0v) is 18.2. The summed E-state index contributed by atoms with van der Waals surface area (Å²) in [4.78, 5) is 8.33. The van der Waals surface area contributed by atoms with Crippen molar-refractivity contribution in [2.24, 2.45) is 0 Å². The highest BCUT2D eigenvalue weighted by Gasteiger charge is 2.54. The van der Waals surface area contributed by atoms with Gasteiger partial charge < -0.3 is 20.5 Å². The summed E-state index contributed by atoms with van der Waals surface area (Å²) in [5.41, 5.74) is -4.49. The van der Waals surface area contributed by atoms with E-state index < -0.39 is 23.3 Å². The lowest BCUT2D eigenvalue weighted by molar-refractivity contribution is -0.261. The number of imidazole rings is 1. The molecule has 4 rings (SSSR count). The summed E-state index contributed by atoms with van der Waals surface area (Å²) in [6, 6.07) is 4.01. The maximum Gasteiger partial charge on any atom is 0.422 e. The first-order chi connectivity index (χ1) is 16.1. The molecule has 0 amide bonds. The molecule has 1 fully saturated rings. The molecular weight excluding hydrogens is 458 g/mol. The van der Waals surface area contributed by atoms with E-state index in [2.05, 4.69) is 25.7 Å². The summed E-state index contributed by atoms with van der Waals surface area (Å²) in [7, 11) is 1.13. The molecule has 0 spiro atoms. The third-order valence-electron chi connectivity index (χ3n) is 5.67. The minimum atomic E-state index is -5.06. The van der Waals surface area contributed by atoms with Gasteiger partial charge in [-0.15, -0.1) is 0 Å². The maximum absolute atomic E-state index is 15.0. The molecule has 0 aliphatic carbocycles. The molecule has 34 heavy (non-hydrogen) atoms. The van der Waals surface area contributed by atoms with Gasteiger partial charge in [-0.1, -0.05) is 0 Å². The number of halogens is 4. The highest BCUT2D eigenvalue weighted by atomic mass is 19.4. The van der Waals surface area contributed by atoms with E-state index in [0.717, 1.165) is 43.1 Å². The Labute approximate surface area is 191 Å². The number of ether oxygens (including phenoxy) is 1. The summed E-state index contributed by atoms with van der Waals surface area (Å²) in [6.07, 6.45) is -2.14. The van der Waals surface area contributed by atoms with E-state index in [4.69, 9.17) is 4.74 Å². The second-order valence-electron chi connectivity index (χ2n) is 8.06. The van der Waals surface area contributed by atoms with Crippen molar-refractivity contribution in [2.75, 3.05) is 25.5 Å². The standard InChI is InChI=1S/C21H21F4N7O2/c1-20(33,21(23,24)25)18-15(34-2)7-16-28-10-14(32(16)31-18)17-13(22)6-11(8-26)19(30-17)29-12-4-3-5-27-9-12/h6-7,10,12,27,33H,3-5,9H2,1-2H3,(H,29,30)/t12-,20+/m0/s1. The second-order valence-corrected chi connectivity index (χ2v) is 8.06. The average Bonchev–Trinajstić information content (AvgIpc) is 3.21. The number of nitrogens with zero attached hydrogens (tertiary/aromatic N) is 5. The first kappa shape index (κ1) is 23.7. The molecule has 13 heteroatoms. The van der Waals surface area contributed by atoms with Crippen LogP contribution in [0.4, 0.5) is 23.4 Å². The number of piperidine rings is 1. The van der Waals surface area contributed by atoms with Crippen LogP contribution in [0.2, 0.25) is 0 Å². The smallest absolute Gasteiger partial charge is 0.422 e. The Morgan fingerprint density at radius 1 is 1.35 bits per heavy atom. The van der Waals surface area contributed by atoms with Crippen LogP contribution < -0.4 is 15.4 Å². The number of fused-ring (bicyclic) bond motifs is 1. The molecule has 4 heterocycles. The molecule has 1 aliphatic rings. The lowest BCUT2D eigenvalue weighted by atomic mass is 10.0. The molecule has 2 atom stereocenters. The molecule has 0 radical (unpaired) electrons. The van der Waals surface area contributed by atoms with E-state index in [-0.39, 0.29) is 40.2 Å². The van der Waals surface area contributed by atoms with E-state index in [1.807, 2.05) is 6.07 Å². The number of pyridine rings is 1. The molecule has 3 aromatic heterocycles. The number of rotatable bonds is 5. The van der Waals surface area contributed by atoms with Gasteiger partial charge >= 0.3 is 6.18 Å². The van der Waals surface area contributed by atoms with Crippen molar-refractivity contribution in [1.29, 1.82) is 5.26 Å². The summed E-state index contributed by atoms with van der Waals surface area (Å²) >= 11 is 0. The van der Waals surface area contributed by atoms with Crippen molar-refractivity contribution in [3.8, 4) is 23.2 Å². The molecule has 0 aromatic carbocycles.